The minimum Gasteiger partial charge on any atom is -0.368 e. The number of nitrogen functional groups attached to an aromatic ring is 1. The second-order valence-corrected chi connectivity index (χ2v) is 4.12. The first-order valence-electron chi connectivity index (χ1n) is 5.73. The molecule has 0 saturated heterocycles. The molecule has 2 aromatic heterocycles. The third kappa shape index (κ3) is 3.56. The predicted octanol–water partition coefficient (Wildman–Crippen LogP) is 2.39. The van der Waals surface area contributed by atoms with Crippen molar-refractivity contribution in [2.45, 2.75) is 19.6 Å². The maximum absolute atomic E-state index is 12.6. The highest BCUT2D eigenvalue weighted by molar-refractivity contribution is 5.41. The molecule has 0 radical (unpaired) electrons. The molecule has 20 heavy (non-hydrogen) atoms. The Bertz CT molecular complexity index is 612. The SMILES string of the molecule is Cc1cccc(CNc2cc(C(F)(F)F)nc(N)n2)n1. The van der Waals surface area contributed by atoms with Crippen molar-refractivity contribution in [2.24, 2.45) is 0 Å². The summed E-state index contributed by atoms with van der Waals surface area (Å²) >= 11 is 0. The molecule has 8 heteroatoms. The molecule has 0 aliphatic rings. The highest BCUT2D eigenvalue weighted by atomic mass is 19.4. The fourth-order valence-electron chi connectivity index (χ4n) is 1.58. The monoisotopic (exact) mass is 283 g/mol. The summed E-state index contributed by atoms with van der Waals surface area (Å²) in [5.41, 5.74) is 5.70. The predicted molar refractivity (Wildman–Crippen MR) is 67.7 cm³/mol. The Kier molecular flexibility index (Phi) is 3.73. The number of nitrogens with zero attached hydrogens (tertiary/aromatic N) is 3. The highest BCUT2D eigenvalue weighted by Crippen LogP contribution is 2.29. The molecule has 5 nitrogen and oxygen atoms in total. The quantitative estimate of drug-likeness (QED) is 0.904. The summed E-state index contributed by atoms with van der Waals surface area (Å²) in [6.07, 6.45) is -4.56. The molecule has 2 heterocycles. The summed E-state index contributed by atoms with van der Waals surface area (Å²) in [7, 11) is 0. The summed E-state index contributed by atoms with van der Waals surface area (Å²) in [4.78, 5) is 11.1. The molecule has 2 rings (SSSR count). The fourth-order valence-corrected chi connectivity index (χ4v) is 1.58. The molecule has 3 N–H and O–H groups in total. The van der Waals surface area contributed by atoms with Crippen LogP contribution in [0.1, 0.15) is 17.1 Å². The first-order chi connectivity index (χ1) is 9.34. The van der Waals surface area contributed by atoms with Crippen molar-refractivity contribution in [3.63, 3.8) is 0 Å². The van der Waals surface area contributed by atoms with Crippen molar-refractivity contribution in [3.05, 3.63) is 41.3 Å². The van der Waals surface area contributed by atoms with E-state index in [4.69, 9.17) is 5.73 Å². The first kappa shape index (κ1) is 14.0. The number of pyridine rings is 1. The van der Waals surface area contributed by atoms with Gasteiger partial charge in [0.15, 0.2) is 5.69 Å². The van der Waals surface area contributed by atoms with Crippen LogP contribution in [-0.4, -0.2) is 15.0 Å². The van der Waals surface area contributed by atoms with Crippen molar-refractivity contribution in [1.29, 1.82) is 0 Å². The van der Waals surface area contributed by atoms with Gasteiger partial charge in [0.05, 0.1) is 12.2 Å². The van der Waals surface area contributed by atoms with E-state index in [1.165, 1.54) is 0 Å². The van der Waals surface area contributed by atoms with Gasteiger partial charge in [-0.25, -0.2) is 4.98 Å². The molecule has 0 atom stereocenters. The molecule has 0 bridgehead atoms. The third-order valence-electron chi connectivity index (χ3n) is 2.43. The number of nitrogens with one attached hydrogen (secondary N) is 1. The number of nitrogens with two attached hydrogens (primary N) is 1. The second kappa shape index (κ2) is 5.32. The molecule has 0 spiro atoms. The van der Waals surface area contributed by atoms with Gasteiger partial charge >= 0.3 is 6.18 Å². The molecule has 0 fully saturated rings. The smallest absolute Gasteiger partial charge is 0.368 e. The molecule has 0 aliphatic carbocycles. The number of alkyl halides is 3. The molecule has 0 unspecified atom stereocenters. The van der Waals surface area contributed by atoms with E-state index in [-0.39, 0.29) is 12.4 Å². The molecule has 2 aromatic rings. The van der Waals surface area contributed by atoms with E-state index in [1.807, 2.05) is 19.1 Å². The summed E-state index contributed by atoms with van der Waals surface area (Å²) in [5, 5.41) is 2.75. The van der Waals surface area contributed by atoms with Crippen molar-refractivity contribution >= 4 is 11.8 Å². The minimum atomic E-state index is -4.56. The maximum Gasteiger partial charge on any atom is 0.433 e. The van der Waals surface area contributed by atoms with E-state index in [0.717, 1.165) is 11.8 Å². The Balaban J connectivity index is 2.16. The average Bonchev–Trinajstić information content (AvgIpc) is 2.35. The van der Waals surface area contributed by atoms with Gasteiger partial charge in [-0.15, -0.1) is 0 Å². The molecule has 0 saturated carbocycles. The summed E-state index contributed by atoms with van der Waals surface area (Å²) < 4.78 is 37.7. The first-order valence-corrected chi connectivity index (χ1v) is 5.73. The van der Waals surface area contributed by atoms with E-state index < -0.39 is 17.8 Å². The number of aromatic nitrogens is 3. The van der Waals surface area contributed by atoms with Crippen LogP contribution in [0, 0.1) is 6.92 Å². The number of halogens is 3. The van der Waals surface area contributed by atoms with E-state index in [9.17, 15) is 13.2 Å². The molecule has 0 amide bonds. The highest BCUT2D eigenvalue weighted by Gasteiger charge is 2.33. The minimum absolute atomic E-state index is 0.00753. The van der Waals surface area contributed by atoms with E-state index in [2.05, 4.69) is 20.3 Å². The molecule has 0 aromatic carbocycles. The van der Waals surface area contributed by atoms with Crippen molar-refractivity contribution in [1.82, 2.24) is 15.0 Å². The van der Waals surface area contributed by atoms with Gasteiger partial charge in [0, 0.05) is 11.8 Å². The van der Waals surface area contributed by atoms with Crippen LogP contribution < -0.4 is 11.1 Å². The number of anilines is 2. The maximum atomic E-state index is 12.6. The molecular formula is C12H12F3N5. The van der Waals surface area contributed by atoms with Crippen LogP contribution in [-0.2, 0) is 12.7 Å². The van der Waals surface area contributed by atoms with Crippen LogP contribution >= 0.6 is 0 Å². The lowest BCUT2D eigenvalue weighted by atomic mass is 10.3. The fraction of sp³-hybridized carbons (Fsp3) is 0.250. The lowest BCUT2D eigenvalue weighted by Gasteiger charge is -2.10. The van der Waals surface area contributed by atoms with Gasteiger partial charge in [-0.05, 0) is 19.1 Å². The Hall–Kier alpha value is -2.38. The van der Waals surface area contributed by atoms with Gasteiger partial charge in [-0.3, -0.25) is 4.98 Å². The Morgan fingerprint density at radius 3 is 2.60 bits per heavy atom. The Morgan fingerprint density at radius 1 is 1.20 bits per heavy atom. The molecule has 106 valence electrons. The van der Waals surface area contributed by atoms with Gasteiger partial charge in [0.25, 0.3) is 0 Å². The van der Waals surface area contributed by atoms with Crippen LogP contribution in [0.15, 0.2) is 24.3 Å². The Labute approximate surface area is 113 Å². The van der Waals surface area contributed by atoms with E-state index >= 15 is 0 Å². The van der Waals surface area contributed by atoms with Crippen molar-refractivity contribution < 1.29 is 13.2 Å². The summed E-state index contributed by atoms with van der Waals surface area (Å²) in [6, 6.07) is 6.21. The second-order valence-electron chi connectivity index (χ2n) is 4.12. The zero-order valence-electron chi connectivity index (χ0n) is 10.6. The van der Waals surface area contributed by atoms with Gasteiger partial charge in [0.2, 0.25) is 5.95 Å². The topological polar surface area (TPSA) is 76.7 Å². The number of rotatable bonds is 3. The van der Waals surface area contributed by atoms with Gasteiger partial charge in [-0.2, -0.15) is 18.2 Å². The largest absolute Gasteiger partial charge is 0.433 e. The van der Waals surface area contributed by atoms with Crippen LogP contribution in [0.5, 0.6) is 0 Å². The zero-order valence-corrected chi connectivity index (χ0v) is 10.6. The lowest BCUT2D eigenvalue weighted by Crippen LogP contribution is -2.13. The van der Waals surface area contributed by atoms with Crippen LogP contribution in [0.4, 0.5) is 24.9 Å². The van der Waals surface area contributed by atoms with E-state index in [0.29, 0.717) is 5.69 Å². The van der Waals surface area contributed by atoms with E-state index in [1.54, 1.807) is 6.07 Å². The molecular weight excluding hydrogens is 271 g/mol. The van der Waals surface area contributed by atoms with Crippen molar-refractivity contribution in [2.75, 3.05) is 11.1 Å². The van der Waals surface area contributed by atoms with Crippen molar-refractivity contribution in [3.8, 4) is 0 Å². The average molecular weight is 283 g/mol. The van der Waals surface area contributed by atoms with Crippen LogP contribution in [0.2, 0.25) is 0 Å². The van der Waals surface area contributed by atoms with Gasteiger partial charge < -0.3 is 11.1 Å². The number of aryl methyl sites for hydroxylation is 1. The zero-order chi connectivity index (χ0) is 14.8. The third-order valence-corrected chi connectivity index (χ3v) is 2.43. The summed E-state index contributed by atoms with van der Waals surface area (Å²) in [6.45, 7) is 2.07. The van der Waals surface area contributed by atoms with Gasteiger partial charge in [-0.1, -0.05) is 6.07 Å². The number of hydrogen-bond acceptors (Lipinski definition) is 5. The lowest BCUT2D eigenvalue weighted by molar-refractivity contribution is -0.141. The van der Waals surface area contributed by atoms with Gasteiger partial charge in [0.1, 0.15) is 5.82 Å². The van der Waals surface area contributed by atoms with Crippen LogP contribution in [0.25, 0.3) is 0 Å². The summed E-state index contributed by atoms with van der Waals surface area (Å²) in [5.74, 6) is -0.423. The molecule has 0 aliphatic heterocycles. The Morgan fingerprint density at radius 2 is 1.95 bits per heavy atom. The standard InChI is InChI=1S/C12H12F3N5/c1-7-3-2-4-8(18-7)6-17-10-5-9(12(13,14)15)19-11(16)20-10/h2-5H,6H2,1H3,(H3,16,17,19,20). The number of hydrogen-bond donors (Lipinski definition) is 2. The normalized spacial score (nSPS) is 11.4. The van der Waals surface area contributed by atoms with Crippen LogP contribution in [0.3, 0.4) is 0 Å².